The van der Waals surface area contributed by atoms with Crippen LogP contribution in [0.5, 0.6) is 0 Å². The molecule has 5 nitrogen and oxygen atoms in total. The molecule has 0 atom stereocenters. The Morgan fingerprint density at radius 3 is 2.75 bits per heavy atom. The average molecular weight is 224 g/mol. The molecule has 90 valence electrons. The first kappa shape index (κ1) is 12.7. The molecule has 0 spiro atoms. The molecule has 1 aromatic rings. The summed E-state index contributed by atoms with van der Waals surface area (Å²) in [5.41, 5.74) is 5.59. The molecule has 0 aliphatic heterocycles. The lowest BCUT2D eigenvalue weighted by Crippen LogP contribution is -2.39. The van der Waals surface area contributed by atoms with Gasteiger partial charge in [-0.05, 0) is 18.9 Å². The zero-order valence-corrected chi connectivity index (χ0v) is 10.2. The summed E-state index contributed by atoms with van der Waals surface area (Å²) in [5.74, 6) is 0.702. The van der Waals surface area contributed by atoms with Gasteiger partial charge in [-0.15, -0.1) is 0 Å². The number of nitrogens with one attached hydrogen (secondary N) is 1. The molecule has 0 saturated heterocycles. The number of nitrogens with zero attached hydrogens (tertiary/aromatic N) is 2. The number of aromatic amines is 1. The molecule has 0 amide bonds. The van der Waals surface area contributed by atoms with Gasteiger partial charge in [0, 0.05) is 19.2 Å². The number of anilines is 1. The minimum atomic E-state index is -0.131. The number of nitrogens with two attached hydrogens (primary N) is 1. The standard InChI is InChI=1S/C11H20N4O/c1-4-15(7-11(2,3)6-12)9-5-10(16)14-8-13-9/h5,8H,4,6-7,12H2,1-3H3,(H,13,14,16). The normalized spacial score (nSPS) is 11.5. The summed E-state index contributed by atoms with van der Waals surface area (Å²) in [6, 6.07) is 1.51. The molecule has 0 aliphatic carbocycles. The van der Waals surface area contributed by atoms with Gasteiger partial charge < -0.3 is 15.6 Å². The van der Waals surface area contributed by atoms with Crippen LogP contribution in [0.4, 0.5) is 5.82 Å². The minimum absolute atomic E-state index is 0.0142. The van der Waals surface area contributed by atoms with Crippen LogP contribution in [0, 0.1) is 5.41 Å². The van der Waals surface area contributed by atoms with Crippen LogP contribution in [0.15, 0.2) is 17.2 Å². The van der Waals surface area contributed by atoms with Crippen molar-refractivity contribution < 1.29 is 0 Å². The highest BCUT2D eigenvalue weighted by atomic mass is 16.1. The van der Waals surface area contributed by atoms with Gasteiger partial charge in [-0.3, -0.25) is 4.79 Å². The summed E-state index contributed by atoms with van der Waals surface area (Å²) in [4.78, 5) is 19.9. The number of aromatic nitrogens is 2. The highest BCUT2D eigenvalue weighted by molar-refractivity contribution is 5.36. The van der Waals surface area contributed by atoms with Crippen LogP contribution in [0.2, 0.25) is 0 Å². The molecular weight excluding hydrogens is 204 g/mol. The van der Waals surface area contributed by atoms with E-state index in [4.69, 9.17) is 5.73 Å². The Hall–Kier alpha value is -1.36. The Bertz CT molecular complexity index is 386. The number of hydrogen-bond acceptors (Lipinski definition) is 4. The predicted octanol–water partition coefficient (Wildman–Crippen LogP) is 0.581. The Labute approximate surface area is 95.7 Å². The molecule has 0 aliphatic rings. The Balaban J connectivity index is 2.87. The van der Waals surface area contributed by atoms with Gasteiger partial charge >= 0.3 is 0 Å². The van der Waals surface area contributed by atoms with Crippen molar-refractivity contribution in [3.05, 3.63) is 22.7 Å². The third-order valence-corrected chi connectivity index (χ3v) is 2.54. The van der Waals surface area contributed by atoms with Crippen molar-refractivity contribution in [3.8, 4) is 0 Å². The SMILES string of the molecule is CCN(CC(C)(C)CN)c1cc(=O)[nH]cn1. The van der Waals surface area contributed by atoms with E-state index in [1.165, 1.54) is 12.4 Å². The van der Waals surface area contributed by atoms with Crippen molar-refractivity contribution >= 4 is 5.82 Å². The second kappa shape index (κ2) is 5.12. The second-order valence-corrected chi connectivity index (χ2v) is 4.65. The van der Waals surface area contributed by atoms with Gasteiger partial charge in [0.25, 0.3) is 5.56 Å². The van der Waals surface area contributed by atoms with E-state index in [0.29, 0.717) is 12.4 Å². The molecule has 0 radical (unpaired) electrons. The molecule has 1 aromatic heterocycles. The van der Waals surface area contributed by atoms with Gasteiger partial charge in [-0.1, -0.05) is 13.8 Å². The Kier molecular flexibility index (Phi) is 4.06. The molecule has 0 bridgehead atoms. The quantitative estimate of drug-likeness (QED) is 0.767. The van der Waals surface area contributed by atoms with Gasteiger partial charge in [0.15, 0.2) is 0 Å². The maximum absolute atomic E-state index is 11.2. The molecule has 1 heterocycles. The third kappa shape index (κ3) is 3.34. The van der Waals surface area contributed by atoms with E-state index < -0.39 is 0 Å². The largest absolute Gasteiger partial charge is 0.356 e. The fourth-order valence-corrected chi connectivity index (χ4v) is 1.47. The summed E-state index contributed by atoms with van der Waals surface area (Å²) in [6.07, 6.45) is 1.43. The summed E-state index contributed by atoms with van der Waals surface area (Å²) in [6.45, 7) is 8.43. The summed E-state index contributed by atoms with van der Waals surface area (Å²) in [5, 5.41) is 0. The van der Waals surface area contributed by atoms with E-state index >= 15 is 0 Å². The fraction of sp³-hybridized carbons (Fsp3) is 0.636. The lowest BCUT2D eigenvalue weighted by molar-refractivity contribution is 0.378. The topological polar surface area (TPSA) is 75.0 Å². The van der Waals surface area contributed by atoms with Crippen LogP contribution < -0.4 is 16.2 Å². The first-order chi connectivity index (χ1) is 7.48. The second-order valence-electron chi connectivity index (χ2n) is 4.65. The van der Waals surface area contributed by atoms with E-state index in [0.717, 1.165) is 13.1 Å². The maximum atomic E-state index is 11.2. The monoisotopic (exact) mass is 224 g/mol. The highest BCUT2D eigenvalue weighted by Crippen LogP contribution is 2.18. The van der Waals surface area contributed by atoms with Crippen molar-refractivity contribution in [2.75, 3.05) is 24.5 Å². The fourth-order valence-electron chi connectivity index (χ4n) is 1.47. The lowest BCUT2D eigenvalue weighted by atomic mass is 9.93. The van der Waals surface area contributed by atoms with Gasteiger partial charge in [0.05, 0.1) is 6.33 Å². The van der Waals surface area contributed by atoms with Gasteiger partial charge in [-0.2, -0.15) is 0 Å². The predicted molar refractivity (Wildman–Crippen MR) is 65.6 cm³/mol. The van der Waals surface area contributed by atoms with Crippen LogP contribution in [0.3, 0.4) is 0 Å². The average Bonchev–Trinajstić information content (AvgIpc) is 2.26. The molecule has 0 unspecified atom stereocenters. The molecule has 0 fully saturated rings. The summed E-state index contributed by atoms with van der Waals surface area (Å²) < 4.78 is 0. The van der Waals surface area contributed by atoms with Gasteiger partial charge in [0.2, 0.25) is 0 Å². The van der Waals surface area contributed by atoms with E-state index in [1.807, 2.05) is 6.92 Å². The van der Waals surface area contributed by atoms with Crippen molar-refractivity contribution in [1.29, 1.82) is 0 Å². The Morgan fingerprint density at radius 1 is 1.56 bits per heavy atom. The van der Waals surface area contributed by atoms with E-state index in [9.17, 15) is 4.79 Å². The molecular formula is C11H20N4O. The molecule has 5 heteroatoms. The smallest absolute Gasteiger partial charge is 0.252 e. The van der Waals surface area contributed by atoms with E-state index in [-0.39, 0.29) is 11.0 Å². The van der Waals surface area contributed by atoms with Crippen molar-refractivity contribution in [2.45, 2.75) is 20.8 Å². The maximum Gasteiger partial charge on any atom is 0.252 e. The molecule has 1 rings (SSSR count). The minimum Gasteiger partial charge on any atom is -0.356 e. The zero-order valence-electron chi connectivity index (χ0n) is 10.2. The van der Waals surface area contributed by atoms with Gasteiger partial charge in [-0.25, -0.2) is 4.98 Å². The van der Waals surface area contributed by atoms with Crippen molar-refractivity contribution in [1.82, 2.24) is 9.97 Å². The number of rotatable bonds is 5. The van der Waals surface area contributed by atoms with Crippen molar-refractivity contribution in [3.63, 3.8) is 0 Å². The van der Waals surface area contributed by atoms with E-state index in [1.54, 1.807) is 0 Å². The molecule has 0 aromatic carbocycles. The zero-order chi connectivity index (χ0) is 12.2. The first-order valence-electron chi connectivity index (χ1n) is 5.48. The van der Waals surface area contributed by atoms with Crippen LogP contribution >= 0.6 is 0 Å². The Morgan fingerprint density at radius 2 is 2.25 bits per heavy atom. The first-order valence-corrected chi connectivity index (χ1v) is 5.48. The molecule has 16 heavy (non-hydrogen) atoms. The van der Waals surface area contributed by atoms with Crippen LogP contribution in [-0.2, 0) is 0 Å². The van der Waals surface area contributed by atoms with Crippen LogP contribution in [0.1, 0.15) is 20.8 Å². The number of hydrogen-bond donors (Lipinski definition) is 2. The highest BCUT2D eigenvalue weighted by Gasteiger charge is 2.20. The lowest BCUT2D eigenvalue weighted by Gasteiger charge is -2.31. The number of H-pyrrole nitrogens is 1. The van der Waals surface area contributed by atoms with Crippen LogP contribution in [-0.4, -0.2) is 29.6 Å². The summed E-state index contributed by atoms with van der Waals surface area (Å²) in [7, 11) is 0. The third-order valence-electron chi connectivity index (χ3n) is 2.54. The molecule has 3 N–H and O–H groups in total. The summed E-state index contributed by atoms with van der Waals surface area (Å²) >= 11 is 0. The van der Waals surface area contributed by atoms with Crippen molar-refractivity contribution in [2.24, 2.45) is 11.1 Å². The van der Waals surface area contributed by atoms with Gasteiger partial charge in [0.1, 0.15) is 5.82 Å². The van der Waals surface area contributed by atoms with Crippen LogP contribution in [0.25, 0.3) is 0 Å². The molecule has 0 saturated carbocycles. The van der Waals surface area contributed by atoms with E-state index in [2.05, 4.69) is 28.7 Å².